The Hall–Kier alpha value is -3.19. The number of benzene rings is 2. The molecule has 2 N–H and O–H groups in total. The topological polar surface area (TPSA) is 85.9 Å². The van der Waals surface area contributed by atoms with Crippen LogP contribution in [0.5, 0.6) is 11.5 Å². The zero-order valence-electron chi connectivity index (χ0n) is 16.2. The van der Waals surface area contributed by atoms with Crippen LogP contribution in [0.25, 0.3) is 5.70 Å². The van der Waals surface area contributed by atoms with Crippen LogP contribution in [-0.4, -0.2) is 32.8 Å². The van der Waals surface area contributed by atoms with E-state index in [0.717, 1.165) is 0 Å². The van der Waals surface area contributed by atoms with E-state index in [0.29, 0.717) is 40.0 Å². The van der Waals surface area contributed by atoms with Crippen molar-refractivity contribution in [2.45, 2.75) is 13.0 Å². The maximum absolute atomic E-state index is 12.7. The lowest BCUT2D eigenvalue weighted by Gasteiger charge is -2.29. The Balaban J connectivity index is 2.12. The summed E-state index contributed by atoms with van der Waals surface area (Å²) in [6.07, 6.45) is 0. The third-order valence-corrected chi connectivity index (χ3v) is 4.74. The standard InChI is InChI=1S/C21H21ClN2O5/c1-4-29-16-10-7-13(11-15(16)22)19-17(20(25)28-3)18(23-21(26)24-19)12-5-8-14(27-2)9-6-12/h5-11,19H,4H2,1-3H3,(H2,23,24,26). The zero-order valence-corrected chi connectivity index (χ0v) is 17.0. The molecular weight excluding hydrogens is 396 g/mol. The number of ether oxygens (including phenoxy) is 3. The minimum Gasteiger partial charge on any atom is -0.497 e. The summed E-state index contributed by atoms with van der Waals surface area (Å²) in [5.74, 6) is 0.611. The number of methoxy groups -OCH3 is 2. The Labute approximate surface area is 173 Å². The summed E-state index contributed by atoms with van der Waals surface area (Å²) >= 11 is 6.31. The summed E-state index contributed by atoms with van der Waals surface area (Å²) < 4.78 is 15.6. The van der Waals surface area contributed by atoms with Gasteiger partial charge in [-0.25, -0.2) is 9.59 Å². The predicted octanol–water partition coefficient (Wildman–Crippen LogP) is 3.69. The number of esters is 1. The first kappa shape index (κ1) is 20.5. The van der Waals surface area contributed by atoms with Crippen molar-refractivity contribution in [3.8, 4) is 11.5 Å². The molecule has 1 heterocycles. The molecule has 3 rings (SSSR count). The molecule has 2 aromatic carbocycles. The van der Waals surface area contributed by atoms with Gasteiger partial charge in [0.15, 0.2) is 0 Å². The van der Waals surface area contributed by atoms with Crippen molar-refractivity contribution in [3.63, 3.8) is 0 Å². The minimum atomic E-state index is -0.749. The molecule has 29 heavy (non-hydrogen) atoms. The van der Waals surface area contributed by atoms with Crippen molar-refractivity contribution in [2.75, 3.05) is 20.8 Å². The summed E-state index contributed by atoms with van der Waals surface area (Å²) in [5.41, 5.74) is 1.89. The lowest BCUT2D eigenvalue weighted by Crippen LogP contribution is -2.45. The predicted molar refractivity (Wildman–Crippen MR) is 109 cm³/mol. The van der Waals surface area contributed by atoms with Gasteiger partial charge in [-0.1, -0.05) is 17.7 Å². The van der Waals surface area contributed by atoms with Gasteiger partial charge < -0.3 is 24.8 Å². The van der Waals surface area contributed by atoms with E-state index < -0.39 is 18.0 Å². The van der Waals surface area contributed by atoms with E-state index in [1.165, 1.54) is 7.11 Å². The summed E-state index contributed by atoms with van der Waals surface area (Å²) in [6, 6.07) is 10.9. The highest BCUT2D eigenvalue weighted by Gasteiger charge is 2.34. The van der Waals surface area contributed by atoms with Crippen LogP contribution in [0.4, 0.5) is 4.79 Å². The smallest absolute Gasteiger partial charge is 0.338 e. The number of rotatable bonds is 6. The molecule has 0 aliphatic carbocycles. The maximum atomic E-state index is 12.7. The average Bonchev–Trinajstić information content (AvgIpc) is 2.74. The fraction of sp³-hybridized carbons (Fsp3) is 0.238. The molecule has 0 saturated carbocycles. The first-order chi connectivity index (χ1) is 14.0. The number of urea groups is 1. The lowest BCUT2D eigenvalue weighted by molar-refractivity contribution is -0.136. The van der Waals surface area contributed by atoms with Crippen LogP contribution in [-0.2, 0) is 9.53 Å². The number of nitrogens with one attached hydrogen (secondary N) is 2. The third kappa shape index (κ3) is 4.30. The first-order valence-corrected chi connectivity index (χ1v) is 9.33. The quantitative estimate of drug-likeness (QED) is 0.701. The number of carbonyl (C=O) groups is 2. The van der Waals surface area contributed by atoms with Gasteiger partial charge in [0.2, 0.25) is 0 Å². The summed E-state index contributed by atoms with van der Waals surface area (Å²) in [7, 11) is 2.85. The zero-order chi connectivity index (χ0) is 21.0. The Morgan fingerprint density at radius 1 is 1.14 bits per heavy atom. The van der Waals surface area contributed by atoms with Crippen LogP contribution in [0.2, 0.25) is 5.02 Å². The number of hydrogen-bond acceptors (Lipinski definition) is 5. The van der Waals surface area contributed by atoms with Gasteiger partial charge in [-0.15, -0.1) is 0 Å². The molecular formula is C21H21ClN2O5. The minimum absolute atomic E-state index is 0.262. The van der Waals surface area contributed by atoms with Crippen molar-refractivity contribution in [2.24, 2.45) is 0 Å². The maximum Gasteiger partial charge on any atom is 0.338 e. The van der Waals surface area contributed by atoms with Crippen LogP contribution in [0.15, 0.2) is 48.0 Å². The fourth-order valence-electron chi connectivity index (χ4n) is 3.10. The molecule has 152 valence electrons. The van der Waals surface area contributed by atoms with Gasteiger partial charge in [-0.05, 0) is 54.4 Å². The van der Waals surface area contributed by atoms with Gasteiger partial charge in [-0.3, -0.25) is 0 Å². The molecule has 1 unspecified atom stereocenters. The fourth-order valence-corrected chi connectivity index (χ4v) is 3.34. The van der Waals surface area contributed by atoms with E-state index in [1.807, 2.05) is 6.92 Å². The molecule has 7 nitrogen and oxygen atoms in total. The molecule has 0 aromatic heterocycles. The van der Waals surface area contributed by atoms with Gasteiger partial charge in [0.25, 0.3) is 0 Å². The number of amides is 2. The molecule has 2 aromatic rings. The van der Waals surface area contributed by atoms with E-state index in [4.69, 9.17) is 25.8 Å². The molecule has 8 heteroatoms. The first-order valence-electron chi connectivity index (χ1n) is 8.95. The van der Waals surface area contributed by atoms with Crippen molar-refractivity contribution in [1.82, 2.24) is 10.6 Å². The van der Waals surface area contributed by atoms with Crippen LogP contribution in [0, 0.1) is 0 Å². The highest BCUT2D eigenvalue weighted by atomic mass is 35.5. The van der Waals surface area contributed by atoms with E-state index in [2.05, 4.69) is 10.6 Å². The summed E-state index contributed by atoms with van der Waals surface area (Å²) in [5, 5.41) is 5.86. The lowest BCUT2D eigenvalue weighted by atomic mass is 9.92. The monoisotopic (exact) mass is 416 g/mol. The second-order valence-electron chi connectivity index (χ2n) is 6.16. The molecule has 0 bridgehead atoms. The van der Waals surface area contributed by atoms with Crippen LogP contribution in [0.1, 0.15) is 24.1 Å². The van der Waals surface area contributed by atoms with Gasteiger partial charge >= 0.3 is 12.0 Å². The summed E-state index contributed by atoms with van der Waals surface area (Å²) in [4.78, 5) is 25.0. The molecule has 0 spiro atoms. The van der Waals surface area contributed by atoms with Crippen LogP contribution >= 0.6 is 11.6 Å². The van der Waals surface area contributed by atoms with Crippen LogP contribution in [0.3, 0.4) is 0 Å². The normalized spacial score (nSPS) is 16.0. The molecule has 2 amide bonds. The van der Waals surface area contributed by atoms with E-state index in [-0.39, 0.29) is 5.57 Å². The van der Waals surface area contributed by atoms with Gasteiger partial charge in [0, 0.05) is 0 Å². The Morgan fingerprint density at radius 3 is 2.45 bits per heavy atom. The number of hydrogen-bond donors (Lipinski definition) is 2. The number of halogens is 1. The third-order valence-electron chi connectivity index (χ3n) is 4.45. The molecule has 0 fully saturated rings. The van der Waals surface area contributed by atoms with Crippen molar-refractivity contribution in [1.29, 1.82) is 0 Å². The largest absolute Gasteiger partial charge is 0.497 e. The Bertz CT molecular complexity index is 956. The van der Waals surface area contributed by atoms with Gasteiger partial charge in [0.1, 0.15) is 11.5 Å². The average molecular weight is 417 g/mol. The van der Waals surface area contributed by atoms with Gasteiger partial charge in [-0.2, -0.15) is 0 Å². The molecule has 0 radical (unpaired) electrons. The Morgan fingerprint density at radius 2 is 1.86 bits per heavy atom. The highest BCUT2D eigenvalue weighted by molar-refractivity contribution is 6.32. The highest BCUT2D eigenvalue weighted by Crippen LogP contribution is 2.35. The second-order valence-corrected chi connectivity index (χ2v) is 6.57. The molecule has 1 aliphatic heterocycles. The molecule has 0 saturated heterocycles. The molecule has 1 atom stereocenters. The van der Waals surface area contributed by atoms with Crippen molar-refractivity contribution < 1.29 is 23.8 Å². The summed E-state index contributed by atoms with van der Waals surface area (Å²) in [6.45, 7) is 2.33. The van der Waals surface area contributed by atoms with Crippen LogP contribution < -0.4 is 20.1 Å². The van der Waals surface area contributed by atoms with E-state index in [1.54, 1.807) is 49.6 Å². The molecule has 1 aliphatic rings. The number of carbonyl (C=O) groups excluding carboxylic acids is 2. The van der Waals surface area contributed by atoms with Crippen molar-refractivity contribution >= 4 is 29.3 Å². The van der Waals surface area contributed by atoms with Gasteiger partial charge in [0.05, 0.1) is 43.2 Å². The van der Waals surface area contributed by atoms with E-state index in [9.17, 15) is 9.59 Å². The SMILES string of the molecule is CCOc1ccc(C2NC(=O)NC(c3ccc(OC)cc3)=C2C(=O)OC)cc1Cl. The van der Waals surface area contributed by atoms with Crippen molar-refractivity contribution in [3.05, 3.63) is 64.2 Å². The second kappa shape index (κ2) is 8.87. The Kier molecular flexibility index (Phi) is 6.29. The van der Waals surface area contributed by atoms with E-state index >= 15 is 0 Å².